The quantitative estimate of drug-likeness (QED) is 0.148. The van der Waals surface area contributed by atoms with Crippen LogP contribution in [0.25, 0.3) is 27.8 Å². The Morgan fingerprint density at radius 1 is 0.775 bits per heavy atom. The van der Waals surface area contributed by atoms with Gasteiger partial charge >= 0.3 is 0 Å². The van der Waals surface area contributed by atoms with Gasteiger partial charge in [-0.15, -0.1) is 0 Å². The molecule has 1 aliphatic carbocycles. The molecule has 3 heteroatoms. The molecule has 1 atom stereocenters. The average molecular weight is 545 g/mol. The molecule has 0 fully saturated rings. The van der Waals surface area contributed by atoms with E-state index >= 15 is 4.39 Å². The van der Waals surface area contributed by atoms with Crippen LogP contribution in [-0.4, -0.2) is 0 Å². The molecule has 0 heterocycles. The summed E-state index contributed by atoms with van der Waals surface area (Å²) in [4.78, 5) is 0. The minimum absolute atomic E-state index is 0.223. The van der Waals surface area contributed by atoms with Gasteiger partial charge < -0.3 is 0 Å². The van der Waals surface area contributed by atoms with E-state index in [0.717, 1.165) is 42.7 Å². The molecule has 3 aromatic rings. The molecule has 0 bridgehead atoms. The van der Waals surface area contributed by atoms with Crippen molar-refractivity contribution in [3.8, 4) is 22.3 Å². The van der Waals surface area contributed by atoms with Crippen molar-refractivity contribution in [2.24, 2.45) is 5.92 Å². The Labute approximate surface area is 239 Å². The summed E-state index contributed by atoms with van der Waals surface area (Å²) in [6, 6.07) is 15.8. The van der Waals surface area contributed by atoms with Gasteiger partial charge in [0, 0.05) is 11.1 Å². The van der Waals surface area contributed by atoms with Crippen LogP contribution >= 0.6 is 0 Å². The van der Waals surface area contributed by atoms with Crippen molar-refractivity contribution in [3.63, 3.8) is 0 Å². The smallest absolute Gasteiger partial charge is 0.166 e. The maximum atomic E-state index is 15.2. The zero-order valence-corrected chi connectivity index (χ0v) is 24.1. The van der Waals surface area contributed by atoms with Gasteiger partial charge in [-0.2, -0.15) is 0 Å². The third-order valence-electron chi connectivity index (χ3n) is 8.30. The Kier molecular flexibility index (Phi) is 11.3. The molecule has 40 heavy (non-hydrogen) atoms. The number of halogens is 3. The van der Waals surface area contributed by atoms with Gasteiger partial charge in [0.1, 0.15) is 5.82 Å². The van der Waals surface area contributed by atoms with Crippen LogP contribution in [0.3, 0.4) is 0 Å². The minimum Gasteiger partial charge on any atom is -0.206 e. The fraction of sp³-hybridized carbons (Fsp3) is 0.405. The molecule has 0 aromatic heterocycles. The molecule has 1 aliphatic rings. The Hall–Kier alpha value is -3.07. The molecule has 0 nitrogen and oxygen atoms in total. The maximum absolute atomic E-state index is 15.2. The summed E-state index contributed by atoms with van der Waals surface area (Å²) < 4.78 is 44.9. The summed E-state index contributed by atoms with van der Waals surface area (Å²) in [6.07, 6.45) is 19.6. The van der Waals surface area contributed by atoms with Crippen molar-refractivity contribution in [2.75, 3.05) is 0 Å². The van der Waals surface area contributed by atoms with Crippen LogP contribution in [0.5, 0.6) is 0 Å². The number of rotatable bonds is 13. The lowest BCUT2D eigenvalue weighted by atomic mass is 9.83. The highest BCUT2D eigenvalue weighted by Gasteiger charge is 2.18. The van der Waals surface area contributed by atoms with Crippen molar-refractivity contribution in [1.29, 1.82) is 0 Å². The number of aryl methyl sites for hydroxylation is 1. The van der Waals surface area contributed by atoms with E-state index in [0.29, 0.717) is 23.1 Å². The fourth-order valence-electron chi connectivity index (χ4n) is 5.81. The van der Waals surface area contributed by atoms with E-state index in [4.69, 9.17) is 0 Å². The number of benzene rings is 3. The standard InChI is InChI=1S/C37H43F3/c1-3-5-7-9-10-12-27-14-16-28(17-15-27)32-23-24-33(35(38)26-32)29-18-20-30(21-19-29)34-25-22-31(36(39)37(34)40)13-11-8-6-4-2/h4,6,16,18-27H,3,5,7-15,17H2,1-2H3. The van der Waals surface area contributed by atoms with Gasteiger partial charge in [-0.25, -0.2) is 13.2 Å². The molecule has 0 aliphatic heterocycles. The van der Waals surface area contributed by atoms with Crippen molar-refractivity contribution >= 4 is 5.57 Å². The molecular formula is C37H43F3. The molecular weight excluding hydrogens is 501 g/mol. The SMILES string of the molecule is CC=CCCCc1ccc(-c2ccc(-c3ccc(C4=CCC(CCCCCCC)CC4)cc3F)cc2)c(F)c1F. The third kappa shape index (κ3) is 7.77. The monoisotopic (exact) mass is 544 g/mol. The second-order valence-corrected chi connectivity index (χ2v) is 11.2. The van der Waals surface area contributed by atoms with Crippen molar-refractivity contribution in [2.45, 2.75) is 90.9 Å². The first-order valence-corrected chi connectivity index (χ1v) is 15.2. The lowest BCUT2D eigenvalue weighted by Gasteiger charge is -2.22. The van der Waals surface area contributed by atoms with Crippen LogP contribution in [-0.2, 0) is 6.42 Å². The fourth-order valence-corrected chi connectivity index (χ4v) is 5.81. The zero-order chi connectivity index (χ0) is 28.3. The zero-order valence-electron chi connectivity index (χ0n) is 24.1. The lowest BCUT2D eigenvalue weighted by molar-refractivity contribution is 0.423. The Bertz CT molecular complexity index is 1300. The highest BCUT2D eigenvalue weighted by molar-refractivity contribution is 5.74. The molecule has 212 valence electrons. The van der Waals surface area contributed by atoms with Crippen LogP contribution in [0.4, 0.5) is 13.2 Å². The second kappa shape index (κ2) is 15.1. The van der Waals surface area contributed by atoms with E-state index in [1.807, 2.05) is 31.2 Å². The predicted octanol–water partition coefficient (Wildman–Crippen LogP) is 11.9. The van der Waals surface area contributed by atoms with E-state index in [-0.39, 0.29) is 11.4 Å². The minimum atomic E-state index is -0.827. The summed E-state index contributed by atoms with van der Waals surface area (Å²) in [7, 11) is 0. The van der Waals surface area contributed by atoms with Gasteiger partial charge in [0.25, 0.3) is 0 Å². The summed E-state index contributed by atoms with van der Waals surface area (Å²) in [5.74, 6) is -1.11. The van der Waals surface area contributed by atoms with Gasteiger partial charge in [0.05, 0.1) is 0 Å². The Morgan fingerprint density at radius 2 is 1.48 bits per heavy atom. The van der Waals surface area contributed by atoms with Gasteiger partial charge in [0.2, 0.25) is 0 Å². The molecule has 3 aromatic carbocycles. The summed E-state index contributed by atoms with van der Waals surface area (Å²) in [5.41, 5.74) is 4.63. The van der Waals surface area contributed by atoms with E-state index in [9.17, 15) is 8.78 Å². The summed E-state index contributed by atoms with van der Waals surface area (Å²) in [5, 5.41) is 0. The predicted molar refractivity (Wildman–Crippen MR) is 164 cm³/mol. The van der Waals surface area contributed by atoms with Gasteiger partial charge in [0.15, 0.2) is 11.6 Å². The molecule has 0 saturated heterocycles. The van der Waals surface area contributed by atoms with E-state index in [1.54, 1.807) is 42.5 Å². The molecule has 1 unspecified atom stereocenters. The van der Waals surface area contributed by atoms with E-state index < -0.39 is 11.6 Å². The van der Waals surface area contributed by atoms with E-state index in [1.165, 1.54) is 50.5 Å². The van der Waals surface area contributed by atoms with Gasteiger partial charge in [-0.1, -0.05) is 112 Å². The third-order valence-corrected chi connectivity index (χ3v) is 8.30. The van der Waals surface area contributed by atoms with Gasteiger partial charge in [-0.3, -0.25) is 0 Å². The summed E-state index contributed by atoms with van der Waals surface area (Å²) in [6.45, 7) is 4.20. The second-order valence-electron chi connectivity index (χ2n) is 11.2. The van der Waals surface area contributed by atoms with Crippen LogP contribution < -0.4 is 0 Å². The molecule has 0 spiro atoms. The van der Waals surface area contributed by atoms with Crippen molar-refractivity contribution in [3.05, 3.63) is 101 Å². The molecule has 0 saturated carbocycles. The maximum Gasteiger partial charge on any atom is 0.166 e. The van der Waals surface area contributed by atoms with Crippen LogP contribution in [0.15, 0.2) is 72.8 Å². The summed E-state index contributed by atoms with van der Waals surface area (Å²) >= 11 is 0. The average Bonchev–Trinajstić information content (AvgIpc) is 2.98. The molecule has 0 radical (unpaired) electrons. The highest BCUT2D eigenvalue weighted by atomic mass is 19.2. The van der Waals surface area contributed by atoms with Crippen LogP contribution in [0.1, 0.15) is 95.6 Å². The molecule has 0 amide bonds. The van der Waals surface area contributed by atoms with Crippen LogP contribution in [0, 0.1) is 23.4 Å². The first-order valence-electron chi connectivity index (χ1n) is 15.2. The Morgan fingerprint density at radius 3 is 2.15 bits per heavy atom. The van der Waals surface area contributed by atoms with E-state index in [2.05, 4.69) is 13.0 Å². The topological polar surface area (TPSA) is 0 Å². The first-order chi connectivity index (χ1) is 19.5. The van der Waals surface area contributed by atoms with Crippen molar-refractivity contribution < 1.29 is 13.2 Å². The Balaban J connectivity index is 1.40. The first kappa shape index (κ1) is 29.9. The van der Waals surface area contributed by atoms with Crippen molar-refractivity contribution in [1.82, 2.24) is 0 Å². The lowest BCUT2D eigenvalue weighted by Crippen LogP contribution is -2.05. The largest absolute Gasteiger partial charge is 0.206 e. The van der Waals surface area contributed by atoms with Gasteiger partial charge in [-0.05, 0) is 85.3 Å². The number of hydrogen-bond donors (Lipinski definition) is 0. The number of unbranched alkanes of at least 4 members (excludes halogenated alkanes) is 5. The number of allylic oxidation sites excluding steroid dienone is 4. The molecule has 0 N–H and O–H groups in total. The highest BCUT2D eigenvalue weighted by Crippen LogP contribution is 2.35. The normalized spacial score (nSPS) is 15.5. The molecule has 4 rings (SSSR count). The number of hydrogen-bond acceptors (Lipinski definition) is 0. The van der Waals surface area contributed by atoms with Crippen LogP contribution in [0.2, 0.25) is 0 Å².